The molecule has 67 heavy (non-hydrogen) atoms. The molecule has 0 aliphatic carbocycles. The smallest absolute Gasteiger partial charge is 0.416 e. The number of rotatable bonds is 9. The number of nitrogens with zero attached hydrogens (tertiary/aromatic N) is 5. The predicted molar refractivity (Wildman–Crippen MR) is 238 cm³/mol. The van der Waals surface area contributed by atoms with Gasteiger partial charge in [0.25, 0.3) is 11.8 Å². The van der Waals surface area contributed by atoms with E-state index in [0.29, 0.717) is 0 Å². The Morgan fingerprint density at radius 1 is 0.716 bits per heavy atom. The first-order valence-electron chi connectivity index (χ1n) is 19.9. The van der Waals surface area contributed by atoms with Crippen molar-refractivity contribution in [1.29, 1.82) is 0 Å². The molecule has 3 unspecified atom stereocenters. The van der Waals surface area contributed by atoms with Gasteiger partial charge in [-0.05, 0) is 60.7 Å². The molecule has 4 heterocycles. The van der Waals surface area contributed by atoms with Gasteiger partial charge in [-0.15, -0.1) is 0 Å². The molecule has 8 aromatic rings. The van der Waals surface area contributed by atoms with E-state index in [2.05, 4.69) is 25.3 Å². The molecule has 0 radical (unpaired) electrons. The third-order valence-corrected chi connectivity index (χ3v) is 12.1. The second-order valence-corrected chi connectivity index (χ2v) is 16.1. The minimum Gasteiger partial charge on any atom is -0.465 e. The summed E-state index contributed by atoms with van der Waals surface area (Å²) >= 11 is 12.1. The summed E-state index contributed by atoms with van der Waals surface area (Å²) in [6.45, 7) is -1.14. The van der Waals surface area contributed by atoms with Gasteiger partial charge in [-0.3, -0.25) is 24.7 Å². The molecule has 336 valence electrons. The van der Waals surface area contributed by atoms with E-state index < -0.39 is 65.9 Å². The molecular weight excluding hydrogens is 920 g/mol. The van der Waals surface area contributed by atoms with Gasteiger partial charge in [-0.25, -0.2) is 37.6 Å². The van der Waals surface area contributed by atoms with Crippen LogP contribution in [0, 0.1) is 11.6 Å². The van der Waals surface area contributed by atoms with Gasteiger partial charge in [0, 0.05) is 33.4 Å². The first-order valence-corrected chi connectivity index (χ1v) is 20.7. The van der Waals surface area contributed by atoms with Crippen LogP contribution < -0.4 is 20.0 Å². The van der Waals surface area contributed by atoms with Gasteiger partial charge >= 0.3 is 12.2 Å². The van der Waals surface area contributed by atoms with Crippen LogP contribution in [-0.4, -0.2) is 72.2 Å². The zero-order chi connectivity index (χ0) is 47.1. The number of halogens is 5. The third kappa shape index (κ3) is 6.69. The van der Waals surface area contributed by atoms with Crippen molar-refractivity contribution in [3.8, 4) is 0 Å². The highest BCUT2D eigenvalue weighted by Crippen LogP contribution is 2.48. The number of benzene rings is 6. The molecule has 10 rings (SSSR count). The maximum Gasteiger partial charge on any atom is 0.416 e. The number of fused-ring (bicyclic) bond motifs is 4. The molecule has 2 aliphatic heterocycles. The van der Waals surface area contributed by atoms with Crippen molar-refractivity contribution in [2.24, 2.45) is 0 Å². The lowest BCUT2D eigenvalue weighted by atomic mass is 9.93. The van der Waals surface area contributed by atoms with E-state index in [9.17, 15) is 34.5 Å². The number of aliphatic hydroxyl groups is 2. The van der Waals surface area contributed by atoms with Crippen LogP contribution in [0.15, 0.2) is 121 Å². The van der Waals surface area contributed by atoms with Crippen molar-refractivity contribution in [1.82, 2.24) is 19.9 Å². The lowest BCUT2D eigenvalue weighted by Crippen LogP contribution is -2.45. The Hall–Kier alpha value is -7.97. The molecule has 0 saturated carbocycles. The van der Waals surface area contributed by atoms with Gasteiger partial charge in [-0.2, -0.15) is 0 Å². The first kappa shape index (κ1) is 43.0. The largest absolute Gasteiger partial charge is 0.465 e. The number of amides is 4. The summed E-state index contributed by atoms with van der Waals surface area (Å²) < 4.78 is 51.7. The Labute approximate surface area is 384 Å². The van der Waals surface area contributed by atoms with E-state index in [4.69, 9.17) is 27.9 Å². The fourth-order valence-corrected chi connectivity index (χ4v) is 8.84. The van der Waals surface area contributed by atoms with E-state index in [1.807, 2.05) is 0 Å². The van der Waals surface area contributed by atoms with Crippen LogP contribution in [0.4, 0.5) is 46.0 Å². The number of ether oxygens (including phenoxy) is 1. The standard InChI is InChI=1S/C46H29Cl2F3N8O8/c47-28-11-5-13-34(37(28)50)58-39(60)24-7-1-3-9-26(24)45(58,65)22-15-17-30-32(19-22)53-41(52-30)56-43(62)67-21-36(49)57(44(63)64)42-54-31-18-16-23(20-33(31)55-42)46(66)27-10-4-2-8-25(27)40(61)59(46)35-14-6-12-29(48)38(35)51/h1-20,36,65-66H,21H2,(H,54,55)(H,63,64)(H2,52,53,56,62). The summed E-state index contributed by atoms with van der Waals surface area (Å²) in [6.07, 6.45) is -5.61. The maximum absolute atomic E-state index is 15.8. The van der Waals surface area contributed by atoms with E-state index >= 15 is 13.2 Å². The summed E-state index contributed by atoms with van der Waals surface area (Å²) in [6, 6.07) is 28.8. The monoisotopic (exact) mass is 948 g/mol. The molecule has 6 N–H and O–H groups in total. The Morgan fingerprint density at radius 3 is 1.73 bits per heavy atom. The molecule has 0 saturated heterocycles. The van der Waals surface area contributed by atoms with Crippen LogP contribution in [0.1, 0.15) is 43.0 Å². The van der Waals surface area contributed by atoms with Crippen molar-refractivity contribution in [3.05, 3.63) is 176 Å². The first-order chi connectivity index (χ1) is 32.1. The fourth-order valence-electron chi connectivity index (χ4n) is 8.50. The van der Waals surface area contributed by atoms with Gasteiger partial charge in [0.1, 0.15) is 6.61 Å². The van der Waals surface area contributed by atoms with Gasteiger partial charge in [0.2, 0.25) is 18.2 Å². The predicted octanol–water partition coefficient (Wildman–Crippen LogP) is 8.76. The number of nitrogens with one attached hydrogen (secondary N) is 3. The Balaban J connectivity index is 0.876. The Kier molecular flexibility index (Phi) is 10.2. The van der Waals surface area contributed by atoms with Crippen molar-refractivity contribution >= 4 is 92.5 Å². The van der Waals surface area contributed by atoms with Gasteiger partial charge in [0.15, 0.2) is 23.1 Å². The summed E-state index contributed by atoms with van der Waals surface area (Å²) in [7, 11) is 0. The van der Waals surface area contributed by atoms with Crippen molar-refractivity contribution in [2.75, 3.05) is 26.6 Å². The molecule has 2 aliphatic rings. The third-order valence-electron chi connectivity index (χ3n) is 11.5. The molecular formula is C46H29Cl2F3N8O8. The van der Waals surface area contributed by atoms with Gasteiger partial charge < -0.3 is 30.0 Å². The van der Waals surface area contributed by atoms with Crippen LogP contribution in [0.25, 0.3) is 22.1 Å². The van der Waals surface area contributed by atoms with E-state index in [1.165, 1.54) is 97.1 Å². The molecule has 0 fully saturated rings. The highest BCUT2D eigenvalue weighted by atomic mass is 35.5. The molecule has 21 heteroatoms. The van der Waals surface area contributed by atoms with Crippen LogP contribution >= 0.6 is 23.2 Å². The molecule has 6 aromatic carbocycles. The number of imidazole rings is 2. The number of carboxylic acid groups (broad SMARTS) is 1. The summed E-state index contributed by atoms with van der Waals surface area (Å²) in [5.41, 5.74) is -3.86. The number of carbonyl (C=O) groups excluding carboxylic acids is 3. The molecule has 16 nitrogen and oxygen atoms in total. The van der Waals surface area contributed by atoms with E-state index in [1.54, 1.807) is 24.3 Å². The number of alkyl halides is 1. The molecule has 3 atom stereocenters. The van der Waals surface area contributed by atoms with Crippen LogP contribution in [-0.2, 0) is 16.2 Å². The minimum absolute atomic E-state index is 0.0260. The average molecular weight is 950 g/mol. The number of H-pyrrole nitrogens is 2. The van der Waals surface area contributed by atoms with Crippen LogP contribution in [0.2, 0.25) is 10.0 Å². The number of carbonyl (C=O) groups is 4. The van der Waals surface area contributed by atoms with Crippen LogP contribution in [0.5, 0.6) is 0 Å². The highest BCUT2D eigenvalue weighted by molar-refractivity contribution is 6.31. The number of hydrogen-bond donors (Lipinski definition) is 6. The lowest BCUT2D eigenvalue weighted by Gasteiger charge is -2.35. The summed E-state index contributed by atoms with van der Waals surface area (Å²) in [5, 5.41) is 36.6. The zero-order valence-electron chi connectivity index (χ0n) is 33.8. The number of anilines is 4. The average Bonchev–Trinajstić information content (AvgIpc) is 4.04. The maximum atomic E-state index is 15.8. The Bertz CT molecular complexity index is 3410. The SMILES string of the molecule is O=C(Nc1nc2ccc(C3(O)c4ccccc4C(=O)N3c3cccc(Cl)c3F)cc2[nH]1)OCC(F)N(C(=O)O)c1nc2ccc(C3(O)c4ccccc4C(=O)N3c3cccc(Cl)c3F)cc2[nH]1. The highest BCUT2D eigenvalue weighted by Gasteiger charge is 2.53. The molecule has 4 amide bonds. The van der Waals surface area contributed by atoms with Gasteiger partial charge in [0.05, 0.1) is 43.5 Å². The van der Waals surface area contributed by atoms with Crippen molar-refractivity contribution < 1.29 is 52.4 Å². The van der Waals surface area contributed by atoms with Gasteiger partial charge in [-0.1, -0.05) is 83.9 Å². The summed E-state index contributed by atoms with van der Waals surface area (Å²) in [4.78, 5) is 68.7. The topological polar surface area (TPSA) is 217 Å². The fraction of sp³-hybridized carbons (Fsp3) is 0.0870. The number of aromatic nitrogens is 4. The number of hydrogen-bond acceptors (Lipinski definition) is 9. The minimum atomic E-state index is -2.53. The van der Waals surface area contributed by atoms with E-state index in [-0.39, 0.29) is 87.7 Å². The second-order valence-electron chi connectivity index (χ2n) is 15.3. The van der Waals surface area contributed by atoms with E-state index in [0.717, 1.165) is 9.80 Å². The zero-order valence-corrected chi connectivity index (χ0v) is 35.4. The Morgan fingerprint density at radius 2 is 1.21 bits per heavy atom. The second kappa shape index (κ2) is 15.9. The van der Waals surface area contributed by atoms with Crippen molar-refractivity contribution in [2.45, 2.75) is 17.7 Å². The van der Waals surface area contributed by atoms with Crippen molar-refractivity contribution in [3.63, 3.8) is 0 Å². The molecule has 0 bridgehead atoms. The number of aromatic amines is 2. The summed E-state index contributed by atoms with van der Waals surface area (Å²) in [5.74, 6) is -4.06. The quantitative estimate of drug-likeness (QED) is 0.0756. The van der Waals surface area contributed by atoms with Crippen LogP contribution in [0.3, 0.4) is 0 Å². The normalized spacial score (nSPS) is 18.1. The lowest BCUT2D eigenvalue weighted by molar-refractivity contribution is 0.0689. The molecule has 2 aromatic heterocycles. The molecule has 0 spiro atoms.